The molecule has 5 N–H and O–H groups in total. The summed E-state index contributed by atoms with van der Waals surface area (Å²) in [5.74, 6) is -1.70. The predicted octanol–water partition coefficient (Wildman–Crippen LogP) is 0.937. The summed E-state index contributed by atoms with van der Waals surface area (Å²) < 4.78 is 1.93. The van der Waals surface area contributed by atoms with Crippen molar-refractivity contribution in [1.29, 1.82) is 0 Å². The summed E-state index contributed by atoms with van der Waals surface area (Å²) in [7, 11) is 0. The zero-order valence-corrected chi connectivity index (χ0v) is 21.4. The van der Waals surface area contributed by atoms with Crippen LogP contribution in [0.25, 0.3) is 0 Å². The topological polar surface area (TPSA) is 130 Å². The number of aryl methyl sites for hydroxylation is 1. The average molecular weight is 511 g/mol. The Morgan fingerprint density at radius 3 is 2.35 bits per heavy atom. The first-order valence-corrected chi connectivity index (χ1v) is 12.4. The molecule has 0 spiro atoms. The van der Waals surface area contributed by atoms with Crippen molar-refractivity contribution < 1.29 is 24.1 Å². The fourth-order valence-electron chi connectivity index (χ4n) is 4.13. The van der Waals surface area contributed by atoms with E-state index in [1.165, 1.54) is 6.07 Å². The number of allylic oxidation sites excluding steroid dienone is 1. The maximum absolute atomic E-state index is 12.4. The highest BCUT2D eigenvalue weighted by atomic mass is 16.3. The Morgan fingerprint density at radius 1 is 1.05 bits per heavy atom. The van der Waals surface area contributed by atoms with Crippen LogP contribution in [0, 0.1) is 0 Å². The zero-order valence-electron chi connectivity index (χ0n) is 21.4. The zero-order chi connectivity index (χ0) is 26.8. The molecule has 1 aliphatic rings. The number of phenols is 1. The highest BCUT2D eigenvalue weighted by Crippen LogP contribution is 2.22. The first-order chi connectivity index (χ1) is 17.8. The molecule has 11 nitrogen and oxygen atoms in total. The molecule has 37 heavy (non-hydrogen) atoms. The fourth-order valence-corrected chi connectivity index (χ4v) is 4.13. The van der Waals surface area contributed by atoms with Crippen LogP contribution in [0.15, 0.2) is 55.4 Å². The molecule has 0 bridgehead atoms. The number of hydrazine groups is 2. The van der Waals surface area contributed by atoms with E-state index in [0.29, 0.717) is 36.6 Å². The molecule has 11 heteroatoms. The molecule has 0 radical (unpaired) electrons. The highest BCUT2D eigenvalue weighted by molar-refractivity contribution is 6.35. The summed E-state index contributed by atoms with van der Waals surface area (Å²) in [6, 6.07) is 8.12. The minimum atomic E-state index is -0.815. The van der Waals surface area contributed by atoms with Gasteiger partial charge in [-0.1, -0.05) is 20.4 Å². The number of rotatable bonds is 11. The van der Waals surface area contributed by atoms with Gasteiger partial charge >= 0.3 is 11.8 Å². The fraction of sp³-hybridized carbons (Fsp3) is 0.385. The standard InChI is InChI=1S/C26H35N7O4/c1-4-13-31-14-11-20(12-15-31)27-24(35)10-7-19-16-21(8-9-23(19)34)29-30-26(37)25(36)28-22-17-32(5-2)33(6-3)18-22/h4,8-9,11-12,14-16,22H,1,5-7,10,13,17-18H2,2-3H3,(H4,28,29,30,34,36,37)/p+1. The summed E-state index contributed by atoms with van der Waals surface area (Å²) in [5, 5.41) is 20.1. The number of carbonyl (C=O) groups is 3. The number of pyridine rings is 1. The smallest absolute Gasteiger partial charge is 0.327 e. The molecular formula is C26H36N7O4+. The summed E-state index contributed by atoms with van der Waals surface area (Å²) in [4.78, 5) is 37.0. The van der Waals surface area contributed by atoms with Gasteiger partial charge in [-0.3, -0.25) is 25.2 Å². The van der Waals surface area contributed by atoms with Crippen LogP contribution in [0.5, 0.6) is 5.75 Å². The lowest BCUT2D eigenvalue weighted by Crippen LogP contribution is -2.47. The largest absolute Gasteiger partial charge is 0.508 e. The Kier molecular flexibility index (Phi) is 9.99. The molecule has 198 valence electrons. The van der Waals surface area contributed by atoms with Crippen molar-refractivity contribution in [3.63, 3.8) is 0 Å². The van der Waals surface area contributed by atoms with E-state index in [2.05, 4.69) is 38.1 Å². The summed E-state index contributed by atoms with van der Waals surface area (Å²) in [5.41, 5.74) is 6.76. The Labute approximate surface area is 217 Å². The van der Waals surface area contributed by atoms with Crippen LogP contribution in [-0.4, -0.2) is 65.1 Å². The van der Waals surface area contributed by atoms with E-state index >= 15 is 0 Å². The molecule has 2 heterocycles. The van der Waals surface area contributed by atoms with Gasteiger partial charge < -0.3 is 15.7 Å². The lowest BCUT2D eigenvalue weighted by Gasteiger charge is -2.24. The van der Waals surface area contributed by atoms with Crippen molar-refractivity contribution in [2.45, 2.75) is 39.3 Å². The number of nitrogens with zero attached hydrogens (tertiary/aromatic N) is 3. The average Bonchev–Trinajstić information content (AvgIpc) is 3.30. The second-order valence-corrected chi connectivity index (χ2v) is 8.72. The molecule has 1 saturated heterocycles. The number of amides is 3. The van der Waals surface area contributed by atoms with Gasteiger partial charge in [0.05, 0.1) is 17.4 Å². The van der Waals surface area contributed by atoms with Gasteiger partial charge in [-0.15, -0.1) is 0 Å². The summed E-state index contributed by atoms with van der Waals surface area (Å²) in [6.07, 6.45) is 5.91. The number of anilines is 2. The third-order valence-corrected chi connectivity index (χ3v) is 6.07. The predicted molar refractivity (Wildman–Crippen MR) is 140 cm³/mol. The Bertz CT molecular complexity index is 1090. The van der Waals surface area contributed by atoms with E-state index in [4.69, 9.17) is 0 Å². The first-order valence-electron chi connectivity index (χ1n) is 12.4. The number of aromatic hydroxyl groups is 1. The SMILES string of the molecule is C=CC[n+]1ccc(NC(=O)CCc2cc(NNC(=O)C(=O)NC3CN(CC)N(CC)C3)ccc2O)cc1. The van der Waals surface area contributed by atoms with Crippen molar-refractivity contribution in [3.05, 3.63) is 60.9 Å². The number of phenolic OH excluding ortho intramolecular Hbond substituents is 1. The minimum absolute atomic E-state index is 0.0368. The van der Waals surface area contributed by atoms with Gasteiger partial charge in [-0.25, -0.2) is 14.6 Å². The summed E-state index contributed by atoms with van der Waals surface area (Å²) >= 11 is 0. The number of benzene rings is 1. The molecule has 0 atom stereocenters. The van der Waals surface area contributed by atoms with E-state index in [1.54, 1.807) is 30.3 Å². The number of likely N-dealkylation sites (N-methyl/N-ethyl adjacent to an activating group) is 2. The Hall–Kier alpha value is -3.96. The van der Waals surface area contributed by atoms with Crippen LogP contribution in [0.4, 0.5) is 11.4 Å². The van der Waals surface area contributed by atoms with Crippen LogP contribution in [0.2, 0.25) is 0 Å². The monoisotopic (exact) mass is 510 g/mol. The van der Waals surface area contributed by atoms with E-state index < -0.39 is 11.8 Å². The second kappa shape index (κ2) is 13.4. The Morgan fingerprint density at radius 2 is 1.73 bits per heavy atom. The van der Waals surface area contributed by atoms with E-state index in [9.17, 15) is 19.5 Å². The van der Waals surface area contributed by atoms with Crippen molar-refractivity contribution in [1.82, 2.24) is 20.8 Å². The second-order valence-electron chi connectivity index (χ2n) is 8.72. The first kappa shape index (κ1) is 27.6. The number of hydrogen-bond donors (Lipinski definition) is 5. The lowest BCUT2D eigenvalue weighted by molar-refractivity contribution is -0.686. The van der Waals surface area contributed by atoms with Gasteiger partial charge in [0, 0.05) is 44.7 Å². The number of aromatic nitrogens is 1. The van der Waals surface area contributed by atoms with Crippen molar-refractivity contribution in [3.8, 4) is 5.75 Å². The van der Waals surface area contributed by atoms with Gasteiger partial charge in [0.15, 0.2) is 18.9 Å². The summed E-state index contributed by atoms with van der Waals surface area (Å²) in [6.45, 7) is 11.4. The third kappa shape index (κ3) is 8.02. The molecule has 1 aromatic carbocycles. The number of nitrogens with one attached hydrogen (secondary N) is 4. The molecule has 0 unspecified atom stereocenters. The maximum Gasteiger partial charge on any atom is 0.327 e. The van der Waals surface area contributed by atoms with Crippen LogP contribution >= 0.6 is 0 Å². The maximum atomic E-state index is 12.4. The number of carbonyl (C=O) groups excluding carboxylic acids is 3. The number of hydrogen-bond acceptors (Lipinski definition) is 7. The van der Waals surface area contributed by atoms with E-state index in [1.807, 2.05) is 30.8 Å². The van der Waals surface area contributed by atoms with E-state index in [-0.39, 0.29) is 30.5 Å². The van der Waals surface area contributed by atoms with Crippen LogP contribution in [-0.2, 0) is 27.3 Å². The van der Waals surface area contributed by atoms with Crippen LogP contribution < -0.4 is 26.1 Å². The molecule has 0 aliphatic carbocycles. The van der Waals surface area contributed by atoms with Crippen molar-refractivity contribution >= 4 is 29.1 Å². The molecular weight excluding hydrogens is 474 g/mol. The minimum Gasteiger partial charge on any atom is -0.508 e. The molecule has 2 aromatic rings. The quantitative estimate of drug-likeness (QED) is 0.100. The molecule has 1 fully saturated rings. The Balaban J connectivity index is 1.46. The lowest BCUT2D eigenvalue weighted by atomic mass is 10.1. The van der Waals surface area contributed by atoms with Crippen LogP contribution in [0.1, 0.15) is 25.8 Å². The van der Waals surface area contributed by atoms with Crippen LogP contribution in [0.3, 0.4) is 0 Å². The molecule has 0 saturated carbocycles. The molecule has 3 rings (SSSR count). The third-order valence-electron chi connectivity index (χ3n) is 6.07. The van der Waals surface area contributed by atoms with Gasteiger partial charge in [0.25, 0.3) is 0 Å². The molecule has 1 aromatic heterocycles. The molecule has 1 aliphatic heterocycles. The van der Waals surface area contributed by atoms with Crippen molar-refractivity contribution in [2.24, 2.45) is 0 Å². The van der Waals surface area contributed by atoms with Gasteiger partial charge in [0.1, 0.15) is 5.75 Å². The normalized spacial score (nSPS) is 14.2. The van der Waals surface area contributed by atoms with Gasteiger partial charge in [-0.05, 0) is 36.3 Å². The van der Waals surface area contributed by atoms with Crippen molar-refractivity contribution in [2.75, 3.05) is 36.9 Å². The highest BCUT2D eigenvalue weighted by Gasteiger charge is 2.30. The van der Waals surface area contributed by atoms with Gasteiger partial charge in [-0.2, -0.15) is 0 Å². The van der Waals surface area contributed by atoms with Gasteiger partial charge in [0.2, 0.25) is 5.91 Å². The van der Waals surface area contributed by atoms with E-state index in [0.717, 1.165) is 13.1 Å². The molecule has 3 amide bonds.